The molecular weight excluding hydrogens is 272 g/mol. The minimum absolute atomic E-state index is 0.0938. The van der Waals surface area contributed by atoms with Gasteiger partial charge < -0.3 is 9.64 Å². The molecule has 2 aromatic rings. The Morgan fingerprint density at radius 3 is 2.64 bits per heavy atom. The summed E-state index contributed by atoms with van der Waals surface area (Å²) in [7, 11) is 1.70. The van der Waals surface area contributed by atoms with Gasteiger partial charge in [0.25, 0.3) is 0 Å². The molecule has 112 valence electrons. The number of rotatable bonds is 2. The van der Waals surface area contributed by atoms with Crippen LogP contribution in [0.25, 0.3) is 0 Å². The lowest BCUT2D eigenvalue weighted by molar-refractivity contribution is 0.415. The van der Waals surface area contributed by atoms with Crippen LogP contribution in [0.15, 0.2) is 53.5 Å². The normalized spacial score (nSPS) is 22.8. The second-order valence-electron chi connectivity index (χ2n) is 6.17. The predicted molar refractivity (Wildman–Crippen MR) is 90.7 cm³/mol. The molecule has 2 aromatic carbocycles. The highest BCUT2D eigenvalue weighted by Gasteiger charge is 2.46. The third kappa shape index (κ3) is 1.85. The average Bonchev–Trinajstić information content (AvgIpc) is 3.12. The molecule has 22 heavy (non-hydrogen) atoms. The van der Waals surface area contributed by atoms with E-state index in [1.165, 1.54) is 17.0 Å². The van der Waals surface area contributed by atoms with Crippen molar-refractivity contribution in [2.75, 3.05) is 25.1 Å². The topological polar surface area (TPSA) is 24.8 Å². The molecule has 0 aromatic heterocycles. The molecule has 0 radical (unpaired) electrons. The predicted octanol–water partition coefficient (Wildman–Crippen LogP) is 3.95. The van der Waals surface area contributed by atoms with Gasteiger partial charge in [0.15, 0.2) is 0 Å². The first kappa shape index (κ1) is 13.4. The number of aliphatic imine (C=N–C) groups is 1. The number of hydrogen-bond donors (Lipinski definition) is 0. The minimum atomic E-state index is 0.0938. The lowest BCUT2D eigenvalue weighted by Gasteiger charge is -2.27. The first-order chi connectivity index (χ1) is 10.7. The SMILES string of the molecule is COc1ccc(N2CCC3(C2)C(C)=Nc2ccccc23)cc1. The zero-order chi connectivity index (χ0) is 15.2. The van der Waals surface area contributed by atoms with E-state index in [1.54, 1.807) is 7.11 Å². The van der Waals surface area contributed by atoms with E-state index in [0.29, 0.717) is 0 Å². The van der Waals surface area contributed by atoms with Crippen LogP contribution in [-0.2, 0) is 5.41 Å². The maximum absolute atomic E-state index is 5.25. The van der Waals surface area contributed by atoms with Gasteiger partial charge in [-0.15, -0.1) is 0 Å². The van der Waals surface area contributed by atoms with Gasteiger partial charge in [-0.2, -0.15) is 0 Å². The van der Waals surface area contributed by atoms with Crippen molar-refractivity contribution in [3.8, 4) is 5.75 Å². The molecule has 1 saturated heterocycles. The highest BCUT2D eigenvalue weighted by Crippen LogP contribution is 2.46. The maximum Gasteiger partial charge on any atom is 0.119 e. The van der Waals surface area contributed by atoms with Gasteiger partial charge in [0.05, 0.1) is 18.2 Å². The van der Waals surface area contributed by atoms with Gasteiger partial charge in [0.1, 0.15) is 5.75 Å². The highest BCUT2D eigenvalue weighted by molar-refractivity contribution is 6.01. The highest BCUT2D eigenvalue weighted by atomic mass is 16.5. The fraction of sp³-hybridized carbons (Fsp3) is 0.316. The molecular formula is C19H20N2O. The third-order valence-electron chi connectivity index (χ3n) is 5.11. The van der Waals surface area contributed by atoms with Crippen molar-refractivity contribution < 1.29 is 4.74 Å². The van der Waals surface area contributed by atoms with Crippen molar-refractivity contribution in [2.45, 2.75) is 18.8 Å². The Morgan fingerprint density at radius 2 is 1.86 bits per heavy atom. The number of methoxy groups -OCH3 is 1. The summed E-state index contributed by atoms with van der Waals surface area (Å²) in [5, 5.41) is 0. The quantitative estimate of drug-likeness (QED) is 0.837. The van der Waals surface area contributed by atoms with E-state index in [9.17, 15) is 0 Å². The Morgan fingerprint density at radius 1 is 1.09 bits per heavy atom. The molecule has 0 N–H and O–H groups in total. The molecule has 1 atom stereocenters. The van der Waals surface area contributed by atoms with E-state index in [2.05, 4.69) is 48.2 Å². The lowest BCUT2D eigenvalue weighted by Crippen LogP contribution is -2.35. The maximum atomic E-state index is 5.25. The van der Waals surface area contributed by atoms with Crippen LogP contribution in [0, 0.1) is 0 Å². The van der Waals surface area contributed by atoms with E-state index in [-0.39, 0.29) is 5.41 Å². The summed E-state index contributed by atoms with van der Waals surface area (Å²) in [6, 6.07) is 16.9. The number of fused-ring (bicyclic) bond motifs is 2. The summed E-state index contributed by atoms with van der Waals surface area (Å²) in [6.07, 6.45) is 1.13. The number of nitrogens with zero attached hydrogens (tertiary/aromatic N) is 2. The largest absolute Gasteiger partial charge is 0.497 e. The van der Waals surface area contributed by atoms with E-state index in [4.69, 9.17) is 9.73 Å². The van der Waals surface area contributed by atoms with E-state index >= 15 is 0 Å². The second kappa shape index (κ2) is 4.87. The average molecular weight is 292 g/mol. The van der Waals surface area contributed by atoms with Gasteiger partial charge >= 0.3 is 0 Å². The molecule has 0 bridgehead atoms. The number of para-hydroxylation sites is 1. The van der Waals surface area contributed by atoms with E-state index in [1.807, 2.05) is 12.1 Å². The number of benzene rings is 2. The van der Waals surface area contributed by atoms with Gasteiger partial charge in [-0.1, -0.05) is 18.2 Å². The van der Waals surface area contributed by atoms with E-state index < -0.39 is 0 Å². The molecule has 1 spiro atoms. The standard InChI is InChI=1S/C19H20N2O/c1-14-19(17-5-3-4-6-18(17)20-14)11-12-21(13-19)15-7-9-16(22-2)10-8-15/h3-10H,11-13H2,1-2H3. The lowest BCUT2D eigenvalue weighted by atomic mass is 9.77. The summed E-state index contributed by atoms with van der Waals surface area (Å²) in [4.78, 5) is 7.27. The van der Waals surface area contributed by atoms with Crippen molar-refractivity contribution in [3.05, 3.63) is 54.1 Å². The number of anilines is 1. The smallest absolute Gasteiger partial charge is 0.119 e. The minimum Gasteiger partial charge on any atom is -0.497 e. The van der Waals surface area contributed by atoms with Crippen molar-refractivity contribution in [3.63, 3.8) is 0 Å². The first-order valence-electron chi connectivity index (χ1n) is 7.77. The van der Waals surface area contributed by atoms with Crippen LogP contribution in [0.3, 0.4) is 0 Å². The second-order valence-corrected chi connectivity index (χ2v) is 6.17. The molecule has 3 heteroatoms. The van der Waals surface area contributed by atoms with Crippen LogP contribution in [0.4, 0.5) is 11.4 Å². The number of ether oxygens (including phenoxy) is 1. The van der Waals surface area contributed by atoms with Gasteiger partial charge in [-0.25, -0.2) is 0 Å². The van der Waals surface area contributed by atoms with Crippen molar-refractivity contribution in [1.82, 2.24) is 0 Å². The van der Waals surface area contributed by atoms with Crippen molar-refractivity contribution >= 4 is 17.1 Å². The summed E-state index contributed by atoms with van der Waals surface area (Å²) >= 11 is 0. The molecule has 0 aliphatic carbocycles. The van der Waals surface area contributed by atoms with Crippen LogP contribution >= 0.6 is 0 Å². The van der Waals surface area contributed by atoms with Crippen LogP contribution in [0.2, 0.25) is 0 Å². The molecule has 2 aliphatic rings. The molecule has 2 heterocycles. The summed E-state index contributed by atoms with van der Waals surface area (Å²) < 4.78 is 5.25. The Kier molecular flexibility index (Phi) is 2.96. The van der Waals surface area contributed by atoms with Crippen LogP contribution in [0.5, 0.6) is 5.75 Å². The monoisotopic (exact) mass is 292 g/mol. The van der Waals surface area contributed by atoms with Crippen molar-refractivity contribution in [1.29, 1.82) is 0 Å². The molecule has 4 rings (SSSR count). The van der Waals surface area contributed by atoms with Crippen LogP contribution < -0.4 is 9.64 Å². The Bertz CT molecular complexity index is 735. The van der Waals surface area contributed by atoms with Gasteiger partial charge in [0.2, 0.25) is 0 Å². The molecule has 0 saturated carbocycles. The molecule has 1 fully saturated rings. The Hall–Kier alpha value is -2.29. The fourth-order valence-electron chi connectivity index (χ4n) is 3.80. The molecule has 1 unspecified atom stereocenters. The summed E-state index contributed by atoms with van der Waals surface area (Å²) in [5.74, 6) is 0.904. The summed E-state index contributed by atoms with van der Waals surface area (Å²) in [5.41, 5.74) is 5.15. The van der Waals surface area contributed by atoms with E-state index in [0.717, 1.165) is 30.9 Å². The molecule has 0 amide bonds. The van der Waals surface area contributed by atoms with Crippen LogP contribution in [0.1, 0.15) is 18.9 Å². The van der Waals surface area contributed by atoms with Crippen molar-refractivity contribution in [2.24, 2.45) is 4.99 Å². The molecule has 2 aliphatic heterocycles. The zero-order valence-corrected chi connectivity index (χ0v) is 13.0. The fourth-order valence-corrected chi connectivity index (χ4v) is 3.80. The molecule has 3 nitrogen and oxygen atoms in total. The Balaban J connectivity index is 1.66. The van der Waals surface area contributed by atoms with Crippen LogP contribution in [-0.4, -0.2) is 25.9 Å². The summed E-state index contributed by atoms with van der Waals surface area (Å²) in [6.45, 7) is 4.25. The Labute approximate surface area is 131 Å². The van der Waals surface area contributed by atoms with Gasteiger partial charge in [-0.3, -0.25) is 4.99 Å². The third-order valence-corrected chi connectivity index (χ3v) is 5.11. The number of hydrogen-bond acceptors (Lipinski definition) is 3. The van der Waals surface area contributed by atoms with Gasteiger partial charge in [-0.05, 0) is 49.2 Å². The van der Waals surface area contributed by atoms with Gasteiger partial charge in [0, 0.05) is 24.5 Å². The first-order valence-corrected chi connectivity index (χ1v) is 7.77. The zero-order valence-electron chi connectivity index (χ0n) is 13.0.